The smallest absolute Gasteiger partial charge is 0.320 e. The van der Waals surface area contributed by atoms with Gasteiger partial charge in [0.1, 0.15) is 11.2 Å². The molecule has 1 aromatic heterocycles. The Morgan fingerprint density at radius 1 is 0.860 bits per heavy atom. The molecule has 43 heavy (non-hydrogen) atoms. The summed E-state index contributed by atoms with van der Waals surface area (Å²) in [7, 11) is 0. The molecule has 2 aromatic carbocycles. The van der Waals surface area contributed by atoms with Crippen molar-refractivity contribution in [3.8, 4) is 6.07 Å². The molecule has 0 atom stereocenters. The highest BCUT2D eigenvalue weighted by atomic mass is 79.9. The normalized spacial score (nSPS) is 12.5. The number of aromatic nitrogens is 1. The van der Waals surface area contributed by atoms with Crippen LogP contribution in [0.3, 0.4) is 0 Å². The second-order valence-electron chi connectivity index (χ2n) is 8.27. The van der Waals surface area contributed by atoms with Gasteiger partial charge in [-0.15, -0.1) is 0 Å². The van der Waals surface area contributed by atoms with Crippen molar-refractivity contribution < 1.29 is 57.9 Å². The minimum atomic E-state index is -6.76. The first-order chi connectivity index (χ1) is 19.6. The van der Waals surface area contributed by atoms with Gasteiger partial charge in [0.25, 0.3) is 11.8 Å². The first-order valence-electron chi connectivity index (χ1n) is 10.8. The van der Waals surface area contributed by atoms with Crippen LogP contribution in [-0.4, -0.2) is 29.2 Å². The molecule has 19 heteroatoms. The SMILES string of the molecule is N#Cc1ccc(C(=O)Nc2c(Br)cc(C(F)(C(F)(F)F)C(F)(F)F)cc2C(F)(F)F)c(F)c1NC(=O)c1ccc(Cl)nc1. The van der Waals surface area contributed by atoms with Crippen molar-refractivity contribution in [1.29, 1.82) is 5.26 Å². The van der Waals surface area contributed by atoms with E-state index in [2.05, 4.69) is 20.9 Å². The average Bonchev–Trinajstić information content (AvgIpc) is 2.88. The minimum Gasteiger partial charge on any atom is -0.320 e. The minimum absolute atomic E-state index is 0.0226. The Morgan fingerprint density at radius 2 is 1.44 bits per heavy atom. The van der Waals surface area contributed by atoms with Gasteiger partial charge in [-0.05, 0) is 52.3 Å². The quantitative estimate of drug-likeness (QED) is 0.206. The molecule has 3 aromatic rings. The number of carbonyl (C=O) groups excluding carboxylic acids is 2. The fourth-order valence-electron chi connectivity index (χ4n) is 3.49. The summed E-state index contributed by atoms with van der Waals surface area (Å²) in [4.78, 5) is 28.9. The summed E-state index contributed by atoms with van der Waals surface area (Å²) < 4.78 is 149. The monoisotopic (exact) mass is 708 g/mol. The molecule has 6 nitrogen and oxygen atoms in total. The molecule has 2 amide bonds. The van der Waals surface area contributed by atoms with Crippen molar-refractivity contribution in [1.82, 2.24) is 4.98 Å². The number of halogens is 13. The predicted octanol–water partition coefficient (Wildman–Crippen LogP) is 8.32. The molecule has 0 aliphatic rings. The van der Waals surface area contributed by atoms with E-state index >= 15 is 4.39 Å². The third-order valence-electron chi connectivity index (χ3n) is 5.55. The number of nitrogens with one attached hydrogen (secondary N) is 2. The number of alkyl halides is 10. The van der Waals surface area contributed by atoms with Gasteiger partial charge in [-0.25, -0.2) is 13.8 Å². The van der Waals surface area contributed by atoms with E-state index in [0.29, 0.717) is 6.07 Å². The standard InChI is InChI=1S/C24H9BrClF11N4O2/c25-14-6-11(21(28,23(32,33)34)24(35,36)37)5-13(22(29,30)31)18(14)41-20(43)12-3-1-9(7-38)17(16(12)27)40-19(42)10-2-4-15(26)39-8-10/h1-6,8H,(H,40,42)(H,41,43). The molecule has 3 rings (SSSR count). The van der Waals surface area contributed by atoms with Gasteiger partial charge in [0.2, 0.25) is 0 Å². The van der Waals surface area contributed by atoms with Crippen LogP contribution in [0.4, 0.5) is 59.7 Å². The van der Waals surface area contributed by atoms with Crippen molar-refractivity contribution in [2.75, 3.05) is 10.6 Å². The van der Waals surface area contributed by atoms with Crippen LogP contribution < -0.4 is 10.6 Å². The van der Waals surface area contributed by atoms with Crippen LogP contribution in [0, 0.1) is 17.1 Å². The Morgan fingerprint density at radius 3 is 1.93 bits per heavy atom. The van der Waals surface area contributed by atoms with E-state index in [9.17, 15) is 58.8 Å². The zero-order valence-corrected chi connectivity index (χ0v) is 22.5. The van der Waals surface area contributed by atoms with Crippen LogP contribution in [-0.2, 0) is 11.8 Å². The maximum Gasteiger partial charge on any atom is 0.435 e. The van der Waals surface area contributed by atoms with E-state index in [1.807, 2.05) is 5.32 Å². The Hall–Kier alpha value is -3.98. The topological polar surface area (TPSA) is 94.9 Å². The lowest BCUT2D eigenvalue weighted by molar-refractivity contribution is -0.348. The van der Waals surface area contributed by atoms with Crippen molar-refractivity contribution in [2.45, 2.75) is 24.2 Å². The van der Waals surface area contributed by atoms with E-state index in [1.165, 1.54) is 17.5 Å². The second-order valence-corrected chi connectivity index (χ2v) is 9.51. The van der Waals surface area contributed by atoms with Crippen molar-refractivity contribution in [3.05, 3.63) is 85.9 Å². The number of benzene rings is 2. The van der Waals surface area contributed by atoms with Gasteiger partial charge in [0.15, 0.2) is 5.82 Å². The van der Waals surface area contributed by atoms with Crippen LogP contribution >= 0.6 is 27.5 Å². The number of anilines is 2. The molecule has 1 heterocycles. The lowest BCUT2D eigenvalue weighted by Crippen LogP contribution is -2.50. The van der Waals surface area contributed by atoms with Gasteiger partial charge < -0.3 is 10.6 Å². The molecule has 0 aliphatic heterocycles. The van der Waals surface area contributed by atoms with Crippen LogP contribution in [0.25, 0.3) is 0 Å². The molecule has 0 spiro atoms. The maximum absolute atomic E-state index is 15.3. The van der Waals surface area contributed by atoms with Crippen LogP contribution in [0.1, 0.15) is 37.4 Å². The highest BCUT2D eigenvalue weighted by Crippen LogP contribution is 2.55. The first-order valence-corrected chi connectivity index (χ1v) is 12.0. The number of nitriles is 1. The molecule has 0 bridgehead atoms. The van der Waals surface area contributed by atoms with Crippen molar-refractivity contribution in [2.24, 2.45) is 0 Å². The maximum atomic E-state index is 15.3. The Kier molecular flexibility index (Phi) is 9.04. The van der Waals surface area contributed by atoms with Gasteiger partial charge in [-0.3, -0.25) is 9.59 Å². The second kappa shape index (κ2) is 11.6. The van der Waals surface area contributed by atoms with Gasteiger partial charge >= 0.3 is 24.2 Å². The largest absolute Gasteiger partial charge is 0.435 e. The van der Waals surface area contributed by atoms with E-state index in [4.69, 9.17) is 11.6 Å². The molecule has 228 valence electrons. The van der Waals surface area contributed by atoms with Crippen molar-refractivity contribution in [3.63, 3.8) is 0 Å². The summed E-state index contributed by atoms with van der Waals surface area (Å²) in [6.45, 7) is 0. The molecule has 0 saturated carbocycles. The molecule has 0 unspecified atom stereocenters. The van der Waals surface area contributed by atoms with E-state index in [0.717, 1.165) is 18.3 Å². The van der Waals surface area contributed by atoms with Gasteiger partial charge in [-0.2, -0.15) is 44.8 Å². The highest BCUT2D eigenvalue weighted by Gasteiger charge is 2.73. The summed E-state index contributed by atoms with van der Waals surface area (Å²) in [5.74, 6) is -4.49. The average molecular weight is 710 g/mol. The summed E-state index contributed by atoms with van der Waals surface area (Å²) in [6, 6.07) is 4.12. The molecular formula is C24H9BrClF11N4O2. The zero-order valence-electron chi connectivity index (χ0n) is 20.2. The number of amides is 2. The van der Waals surface area contributed by atoms with E-state index in [-0.39, 0.29) is 16.8 Å². The third kappa shape index (κ3) is 6.51. The number of nitrogens with zero attached hydrogens (tertiary/aromatic N) is 2. The van der Waals surface area contributed by atoms with E-state index < -0.39 is 86.0 Å². The molecule has 0 saturated heterocycles. The number of hydrogen-bond acceptors (Lipinski definition) is 4. The summed E-state index contributed by atoms with van der Waals surface area (Å²) in [5.41, 5.74) is -15.5. The predicted molar refractivity (Wildman–Crippen MR) is 130 cm³/mol. The van der Waals surface area contributed by atoms with Crippen LogP contribution in [0.5, 0.6) is 0 Å². The first kappa shape index (κ1) is 33.5. The number of hydrogen-bond donors (Lipinski definition) is 2. The number of carbonyl (C=O) groups is 2. The lowest BCUT2D eigenvalue weighted by atomic mass is 9.92. The van der Waals surface area contributed by atoms with Crippen LogP contribution in [0.15, 0.2) is 47.1 Å². The lowest BCUT2D eigenvalue weighted by Gasteiger charge is -2.31. The molecule has 0 radical (unpaired) electrons. The fraction of sp³-hybridized carbons (Fsp3) is 0.167. The summed E-state index contributed by atoms with van der Waals surface area (Å²) in [6.07, 6.45) is -18.3. The molecule has 2 N–H and O–H groups in total. The Labute approximate surface area is 245 Å². The van der Waals surface area contributed by atoms with Crippen molar-refractivity contribution >= 4 is 50.7 Å². The number of rotatable bonds is 5. The fourth-order valence-corrected chi connectivity index (χ4v) is 4.16. The van der Waals surface area contributed by atoms with E-state index in [1.54, 1.807) is 0 Å². The summed E-state index contributed by atoms with van der Waals surface area (Å²) in [5, 5.41) is 12.7. The number of pyridine rings is 1. The Bertz CT molecular complexity index is 1620. The Balaban J connectivity index is 2.10. The molecular weight excluding hydrogens is 701 g/mol. The van der Waals surface area contributed by atoms with Gasteiger partial charge in [0.05, 0.1) is 33.6 Å². The highest BCUT2D eigenvalue weighted by molar-refractivity contribution is 9.10. The third-order valence-corrected chi connectivity index (χ3v) is 6.40. The van der Waals surface area contributed by atoms with Gasteiger partial charge in [-0.1, -0.05) is 11.6 Å². The summed E-state index contributed by atoms with van der Waals surface area (Å²) >= 11 is 7.92. The van der Waals surface area contributed by atoms with Crippen LogP contribution in [0.2, 0.25) is 5.15 Å². The van der Waals surface area contributed by atoms with Gasteiger partial charge in [0, 0.05) is 16.2 Å². The molecule has 0 aliphatic carbocycles. The molecule has 0 fully saturated rings. The zero-order chi connectivity index (χ0) is 32.7.